The van der Waals surface area contributed by atoms with Crippen molar-refractivity contribution in [3.63, 3.8) is 0 Å². The lowest BCUT2D eigenvalue weighted by atomic mass is 10.2. The number of aliphatic carboxylic acids is 1. The fraction of sp³-hybridized carbons (Fsp3) is 0.0714. The molecular formula is C14H17ClO2. The highest BCUT2D eigenvalue weighted by atomic mass is 35.5. The highest BCUT2D eigenvalue weighted by molar-refractivity contribution is 6.25. The van der Waals surface area contributed by atoms with Crippen LogP contribution >= 0.6 is 11.6 Å². The van der Waals surface area contributed by atoms with Crippen molar-refractivity contribution in [2.75, 3.05) is 0 Å². The van der Waals surface area contributed by atoms with Crippen LogP contribution in [-0.4, -0.2) is 11.1 Å². The maximum atomic E-state index is 9.53. The number of carboxylic acid groups (broad SMARTS) is 1. The van der Waals surface area contributed by atoms with Gasteiger partial charge in [-0.15, -0.1) is 6.58 Å². The molecular weight excluding hydrogens is 236 g/mol. The van der Waals surface area contributed by atoms with Gasteiger partial charge in [-0.3, -0.25) is 4.79 Å². The summed E-state index contributed by atoms with van der Waals surface area (Å²) in [5.74, 6) is -0.829. The maximum absolute atomic E-state index is 9.53. The van der Waals surface area contributed by atoms with E-state index in [4.69, 9.17) is 16.7 Å². The lowest BCUT2D eigenvalue weighted by Crippen LogP contribution is -1.88. The molecule has 0 saturated carbocycles. The third kappa shape index (κ3) is 16.8. The Balaban J connectivity index is 0. The van der Waals surface area contributed by atoms with Crippen LogP contribution in [0.3, 0.4) is 0 Å². The molecule has 0 atom stereocenters. The van der Waals surface area contributed by atoms with Crippen molar-refractivity contribution in [2.45, 2.75) is 6.42 Å². The standard InChI is InChI=1S/C8H8.C4H6O2.C2H3Cl/c1-2-8-6-4-3-5-7-8;1-2-3-4(5)6;1-2-3/h2-7H,1H2;2H,1,3H2,(H,5,6);2H,1H2. The van der Waals surface area contributed by atoms with Gasteiger partial charge in [-0.25, -0.2) is 0 Å². The van der Waals surface area contributed by atoms with Gasteiger partial charge in [0, 0.05) is 0 Å². The molecule has 0 saturated heterocycles. The number of halogens is 1. The largest absolute Gasteiger partial charge is 0.481 e. The van der Waals surface area contributed by atoms with Crippen molar-refractivity contribution in [3.05, 3.63) is 67.2 Å². The van der Waals surface area contributed by atoms with Gasteiger partial charge in [0.1, 0.15) is 0 Å². The van der Waals surface area contributed by atoms with Crippen LogP contribution in [0, 0.1) is 0 Å². The summed E-state index contributed by atoms with van der Waals surface area (Å²) in [6.07, 6.45) is 3.24. The summed E-state index contributed by atoms with van der Waals surface area (Å²) in [6, 6.07) is 10.0. The molecule has 0 aliphatic heterocycles. The monoisotopic (exact) mass is 252 g/mol. The predicted molar refractivity (Wildman–Crippen MR) is 75.0 cm³/mol. The number of benzene rings is 1. The molecule has 1 aromatic carbocycles. The van der Waals surface area contributed by atoms with Crippen LogP contribution in [-0.2, 0) is 4.79 Å². The van der Waals surface area contributed by atoms with Crippen molar-refractivity contribution in [1.82, 2.24) is 0 Å². The first-order chi connectivity index (χ1) is 8.12. The van der Waals surface area contributed by atoms with Gasteiger partial charge in [0.2, 0.25) is 0 Å². The van der Waals surface area contributed by atoms with Crippen LogP contribution < -0.4 is 0 Å². The van der Waals surface area contributed by atoms with Gasteiger partial charge in [0.25, 0.3) is 0 Å². The van der Waals surface area contributed by atoms with E-state index in [9.17, 15) is 4.79 Å². The predicted octanol–water partition coefficient (Wildman–Crippen LogP) is 4.35. The van der Waals surface area contributed by atoms with Crippen molar-refractivity contribution < 1.29 is 9.90 Å². The smallest absolute Gasteiger partial charge is 0.307 e. The minimum atomic E-state index is -0.829. The third-order valence-corrected chi connectivity index (χ3v) is 1.35. The molecule has 1 N–H and O–H groups in total. The van der Waals surface area contributed by atoms with Gasteiger partial charge in [-0.05, 0) is 11.1 Å². The maximum Gasteiger partial charge on any atom is 0.307 e. The Labute approximate surface area is 108 Å². The molecule has 0 aliphatic carbocycles. The minimum Gasteiger partial charge on any atom is -0.481 e. The normalized spacial score (nSPS) is 7.35. The summed E-state index contributed by atoms with van der Waals surface area (Å²) in [6.45, 7) is 9.98. The Bertz CT molecular complexity index is 331. The quantitative estimate of drug-likeness (QED) is 0.813. The third-order valence-electron chi connectivity index (χ3n) is 1.35. The summed E-state index contributed by atoms with van der Waals surface area (Å²) < 4.78 is 0. The number of carboxylic acids is 1. The first-order valence-corrected chi connectivity index (χ1v) is 5.27. The molecule has 0 fully saturated rings. The Hall–Kier alpha value is -1.80. The summed E-state index contributed by atoms with van der Waals surface area (Å²) >= 11 is 4.76. The molecule has 0 aromatic heterocycles. The van der Waals surface area contributed by atoms with E-state index >= 15 is 0 Å². The molecule has 1 rings (SSSR count). The Morgan fingerprint density at radius 3 is 1.88 bits per heavy atom. The zero-order valence-corrected chi connectivity index (χ0v) is 10.4. The first kappa shape index (κ1) is 17.6. The van der Waals surface area contributed by atoms with E-state index in [-0.39, 0.29) is 6.42 Å². The Morgan fingerprint density at radius 2 is 1.71 bits per heavy atom. The van der Waals surface area contributed by atoms with Gasteiger partial charge < -0.3 is 5.11 Å². The number of carbonyl (C=O) groups is 1. The van der Waals surface area contributed by atoms with Crippen LogP contribution in [0.5, 0.6) is 0 Å². The molecule has 3 heteroatoms. The second-order valence-corrected chi connectivity index (χ2v) is 2.96. The van der Waals surface area contributed by atoms with Gasteiger partial charge in [0.05, 0.1) is 6.42 Å². The lowest BCUT2D eigenvalue weighted by molar-refractivity contribution is -0.135. The topological polar surface area (TPSA) is 37.3 Å². The van der Waals surface area contributed by atoms with Crippen LogP contribution in [0.4, 0.5) is 0 Å². The zero-order valence-electron chi connectivity index (χ0n) is 9.68. The summed E-state index contributed by atoms with van der Waals surface area (Å²) in [5, 5.41) is 7.84. The molecule has 0 heterocycles. The molecule has 0 aliphatic rings. The van der Waals surface area contributed by atoms with Crippen molar-refractivity contribution in [1.29, 1.82) is 0 Å². The van der Waals surface area contributed by atoms with E-state index in [2.05, 4.69) is 19.7 Å². The molecule has 92 valence electrons. The Morgan fingerprint density at radius 1 is 1.24 bits per heavy atom. The first-order valence-electron chi connectivity index (χ1n) is 4.83. The summed E-state index contributed by atoms with van der Waals surface area (Å²) in [5.41, 5.74) is 2.40. The number of rotatable bonds is 3. The van der Waals surface area contributed by atoms with Gasteiger partial charge in [-0.1, -0.05) is 67.2 Å². The van der Waals surface area contributed by atoms with Gasteiger partial charge >= 0.3 is 5.97 Å². The number of hydrogen-bond acceptors (Lipinski definition) is 1. The van der Waals surface area contributed by atoms with E-state index in [0.29, 0.717) is 0 Å². The summed E-state index contributed by atoms with van der Waals surface area (Å²) in [7, 11) is 0. The molecule has 0 bridgehead atoms. The molecule has 0 amide bonds. The molecule has 0 radical (unpaired) electrons. The summed E-state index contributed by atoms with van der Waals surface area (Å²) in [4.78, 5) is 9.53. The zero-order chi connectivity index (χ0) is 13.5. The van der Waals surface area contributed by atoms with E-state index in [1.807, 2.05) is 36.4 Å². The number of hydrogen-bond donors (Lipinski definition) is 1. The average Bonchev–Trinajstić information content (AvgIpc) is 2.32. The average molecular weight is 253 g/mol. The molecule has 0 spiro atoms. The van der Waals surface area contributed by atoms with Gasteiger partial charge in [0.15, 0.2) is 0 Å². The van der Waals surface area contributed by atoms with E-state index in [0.717, 1.165) is 0 Å². The van der Waals surface area contributed by atoms with Crippen molar-refractivity contribution in [2.24, 2.45) is 0 Å². The van der Waals surface area contributed by atoms with Crippen molar-refractivity contribution >= 4 is 23.6 Å². The fourth-order valence-electron chi connectivity index (χ4n) is 0.713. The van der Waals surface area contributed by atoms with Crippen LogP contribution in [0.25, 0.3) is 6.08 Å². The molecule has 1 aromatic rings. The van der Waals surface area contributed by atoms with E-state index < -0.39 is 5.97 Å². The highest BCUT2D eigenvalue weighted by Crippen LogP contribution is 1.97. The molecule has 0 unspecified atom stereocenters. The second kappa shape index (κ2) is 14.2. The minimum absolute atomic E-state index is 0.0556. The van der Waals surface area contributed by atoms with E-state index in [1.54, 1.807) is 0 Å². The highest BCUT2D eigenvalue weighted by Gasteiger charge is 1.84. The van der Waals surface area contributed by atoms with Crippen LogP contribution in [0.2, 0.25) is 0 Å². The second-order valence-electron chi connectivity index (χ2n) is 2.66. The van der Waals surface area contributed by atoms with Crippen molar-refractivity contribution in [3.8, 4) is 0 Å². The van der Waals surface area contributed by atoms with Crippen LogP contribution in [0.1, 0.15) is 12.0 Å². The molecule has 17 heavy (non-hydrogen) atoms. The van der Waals surface area contributed by atoms with Gasteiger partial charge in [-0.2, -0.15) is 0 Å². The SMILES string of the molecule is C=CCC(=O)O.C=CCl.C=Cc1ccccc1. The van der Waals surface area contributed by atoms with Crippen LogP contribution in [0.15, 0.2) is 61.7 Å². The van der Waals surface area contributed by atoms with E-state index in [1.165, 1.54) is 17.2 Å². The molecule has 2 nitrogen and oxygen atoms in total. The lowest BCUT2D eigenvalue weighted by Gasteiger charge is -1.85. The fourth-order valence-corrected chi connectivity index (χ4v) is 0.713. The Kier molecular flexibility index (Phi) is 14.7.